The highest BCUT2D eigenvalue weighted by molar-refractivity contribution is 5.53. The molecule has 4 fully saturated rings. The zero-order valence-corrected chi connectivity index (χ0v) is 21.0. The van der Waals surface area contributed by atoms with Gasteiger partial charge in [-0.15, -0.1) is 0 Å². The quantitative estimate of drug-likeness (QED) is 0.400. The molecule has 0 spiro atoms. The summed E-state index contributed by atoms with van der Waals surface area (Å²) >= 11 is 0. The van der Waals surface area contributed by atoms with Gasteiger partial charge < -0.3 is 4.79 Å². The number of hydrogen-bond acceptors (Lipinski definition) is 1. The molecule has 4 aliphatic carbocycles. The van der Waals surface area contributed by atoms with Gasteiger partial charge >= 0.3 is 0 Å². The number of carbonyl (C=O) groups excluding carboxylic acids is 1. The topological polar surface area (TPSA) is 17.1 Å². The van der Waals surface area contributed by atoms with E-state index in [9.17, 15) is 4.79 Å². The van der Waals surface area contributed by atoms with Crippen molar-refractivity contribution in [3.63, 3.8) is 0 Å². The maximum Gasteiger partial charge on any atom is 0.123 e. The van der Waals surface area contributed by atoms with Gasteiger partial charge in [0.15, 0.2) is 0 Å². The predicted molar refractivity (Wildman–Crippen MR) is 127 cm³/mol. The third-order valence-electron chi connectivity index (χ3n) is 11.9. The molecule has 0 N–H and O–H groups in total. The van der Waals surface area contributed by atoms with E-state index in [-0.39, 0.29) is 0 Å². The molecule has 0 heterocycles. The molecule has 0 radical (unpaired) electrons. The van der Waals surface area contributed by atoms with Gasteiger partial charge in [-0.2, -0.15) is 0 Å². The normalized spacial score (nSPS) is 47.8. The summed E-state index contributed by atoms with van der Waals surface area (Å²) in [6, 6.07) is 0. The van der Waals surface area contributed by atoms with Gasteiger partial charge in [0.05, 0.1) is 0 Å². The standard InChI is InChI=1S/C29H50O/c1-19(2)20(3)7-8-21(4)25-11-12-26-24-10-9-23-17-22(18-30)13-15-28(23,5)27(24)14-16-29(25,26)6/h18-27H,7-17H2,1-6H3/t20-,21-,22?,23+,24+,25-,26+,27+,28+,29-/m1/s1. The van der Waals surface area contributed by atoms with E-state index >= 15 is 0 Å². The van der Waals surface area contributed by atoms with Crippen LogP contribution in [0.2, 0.25) is 0 Å². The minimum atomic E-state index is 0.360. The van der Waals surface area contributed by atoms with Crippen LogP contribution in [0.25, 0.3) is 0 Å². The number of hydrogen-bond donors (Lipinski definition) is 0. The first-order chi connectivity index (χ1) is 14.2. The summed E-state index contributed by atoms with van der Waals surface area (Å²) in [7, 11) is 0. The Bertz CT molecular complexity index is 609. The van der Waals surface area contributed by atoms with Crippen molar-refractivity contribution in [1.29, 1.82) is 0 Å². The molecule has 0 aromatic heterocycles. The monoisotopic (exact) mass is 414 g/mol. The Kier molecular flexibility index (Phi) is 6.51. The van der Waals surface area contributed by atoms with E-state index < -0.39 is 0 Å². The lowest BCUT2D eigenvalue weighted by atomic mass is 9.44. The molecule has 0 aliphatic heterocycles. The van der Waals surface area contributed by atoms with Gasteiger partial charge in [-0.05, 0) is 116 Å². The second-order valence-electron chi connectivity index (χ2n) is 13.3. The molecule has 4 rings (SSSR count). The van der Waals surface area contributed by atoms with Crippen molar-refractivity contribution in [2.24, 2.45) is 64.1 Å². The van der Waals surface area contributed by atoms with Crippen LogP contribution in [0.3, 0.4) is 0 Å². The second-order valence-corrected chi connectivity index (χ2v) is 13.3. The molecular weight excluding hydrogens is 364 g/mol. The summed E-state index contributed by atoms with van der Waals surface area (Å²) in [6.45, 7) is 15.2. The van der Waals surface area contributed by atoms with E-state index in [4.69, 9.17) is 0 Å². The molecular formula is C29H50O. The Hall–Kier alpha value is -0.330. The lowest BCUT2D eigenvalue weighted by molar-refractivity contribution is -0.130. The molecule has 1 heteroatoms. The van der Waals surface area contributed by atoms with Crippen LogP contribution in [-0.2, 0) is 4.79 Å². The smallest absolute Gasteiger partial charge is 0.123 e. The highest BCUT2D eigenvalue weighted by Crippen LogP contribution is 2.68. The molecule has 172 valence electrons. The first-order valence-corrected chi connectivity index (χ1v) is 13.7. The number of rotatable bonds is 6. The van der Waals surface area contributed by atoms with Crippen molar-refractivity contribution in [2.75, 3.05) is 0 Å². The van der Waals surface area contributed by atoms with Crippen molar-refractivity contribution in [1.82, 2.24) is 0 Å². The maximum atomic E-state index is 11.4. The molecule has 1 unspecified atom stereocenters. The van der Waals surface area contributed by atoms with Crippen molar-refractivity contribution >= 4 is 6.29 Å². The predicted octanol–water partition coefficient (Wildman–Crippen LogP) is 8.17. The fourth-order valence-electron chi connectivity index (χ4n) is 9.45. The first-order valence-electron chi connectivity index (χ1n) is 13.7. The van der Waals surface area contributed by atoms with Crippen molar-refractivity contribution in [3.8, 4) is 0 Å². The maximum absolute atomic E-state index is 11.4. The Balaban J connectivity index is 1.45. The largest absolute Gasteiger partial charge is 0.303 e. The highest BCUT2D eigenvalue weighted by Gasteiger charge is 2.60. The summed E-state index contributed by atoms with van der Waals surface area (Å²) in [5.41, 5.74) is 1.13. The van der Waals surface area contributed by atoms with Crippen LogP contribution in [0.15, 0.2) is 0 Å². The third kappa shape index (κ3) is 3.73. The van der Waals surface area contributed by atoms with Gasteiger partial charge in [-0.25, -0.2) is 0 Å². The average molecular weight is 415 g/mol. The Morgan fingerprint density at radius 1 is 0.833 bits per heavy atom. The molecule has 0 bridgehead atoms. The van der Waals surface area contributed by atoms with Gasteiger partial charge in [0, 0.05) is 5.92 Å². The van der Waals surface area contributed by atoms with Crippen molar-refractivity contribution < 1.29 is 4.79 Å². The van der Waals surface area contributed by atoms with Crippen LogP contribution in [0.5, 0.6) is 0 Å². The van der Waals surface area contributed by atoms with E-state index in [0.29, 0.717) is 16.7 Å². The van der Waals surface area contributed by atoms with Crippen LogP contribution in [0.4, 0.5) is 0 Å². The second kappa shape index (κ2) is 8.55. The lowest BCUT2D eigenvalue weighted by Gasteiger charge is -2.61. The van der Waals surface area contributed by atoms with Crippen LogP contribution < -0.4 is 0 Å². The van der Waals surface area contributed by atoms with Gasteiger partial charge in [-0.3, -0.25) is 0 Å². The summed E-state index contributed by atoms with van der Waals surface area (Å²) in [5, 5.41) is 0. The van der Waals surface area contributed by atoms with Crippen LogP contribution in [0, 0.1) is 64.1 Å². The summed E-state index contributed by atoms with van der Waals surface area (Å²) < 4.78 is 0. The van der Waals surface area contributed by atoms with E-state index in [1.54, 1.807) is 0 Å². The molecule has 4 aliphatic rings. The van der Waals surface area contributed by atoms with Crippen LogP contribution in [-0.4, -0.2) is 6.29 Å². The average Bonchev–Trinajstić information content (AvgIpc) is 3.08. The SMILES string of the molecule is CC(C)[C@H](C)CC[C@@H](C)[C@H]1CC[C@H]2[C@@H]3CC[C@H]4CC(C=O)CC[C@]4(C)[C@H]3CC[C@]12C. The van der Waals surface area contributed by atoms with Gasteiger partial charge in [0.25, 0.3) is 0 Å². The lowest BCUT2D eigenvalue weighted by Crippen LogP contribution is -2.53. The number of carbonyl (C=O) groups is 1. The summed E-state index contributed by atoms with van der Waals surface area (Å²) in [5.74, 6) is 7.62. The molecule has 0 aromatic carbocycles. The zero-order chi connectivity index (χ0) is 21.7. The van der Waals surface area contributed by atoms with E-state index in [0.717, 1.165) is 53.8 Å². The molecule has 0 saturated heterocycles. The molecule has 0 amide bonds. The first kappa shape index (κ1) is 22.8. The zero-order valence-electron chi connectivity index (χ0n) is 21.0. The highest BCUT2D eigenvalue weighted by atomic mass is 16.1. The van der Waals surface area contributed by atoms with Gasteiger partial charge in [0.2, 0.25) is 0 Å². The van der Waals surface area contributed by atoms with Crippen molar-refractivity contribution in [3.05, 3.63) is 0 Å². The Labute approximate surface area is 187 Å². The molecule has 4 saturated carbocycles. The fourth-order valence-corrected chi connectivity index (χ4v) is 9.45. The third-order valence-corrected chi connectivity index (χ3v) is 11.9. The summed E-state index contributed by atoms with van der Waals surface area (Å²) in [6.07, 6.45) is 16.6. The van der Waals surface area contributed by atoms with Crippen molar-refractivity contribution in [2.45, 2.75) is 112 Å². The number of fused-ring (bicyclic) bond motifs is 5. The van der Waals surface area contributed by atoms with E-state index in [1.165, 1.54) is 70.5 Å². The summed E-state index contributed by atoms with van der Waals surface area (Å²) in [4.78, 5) is 11.4. The fraction of sp³-hybridized carbons (Fsp3) is 0.966. The molecule has 0 aromatic rings. The van der Waals surface area contributed by atoms with E-state index in [2.05, 4.69) is 41.5 Å². The van der Waals surface area contributed by atoms with Gasteiger partial charge in [0.1, 0.15) is 6.29 Å². The Morgan fingerprint density at radius 2 is 1.53 bits per heavy atom. The van der Waals surface area contributed by atoms with Crippen LogP contribution in [0.1, 0.15) is 112 Å². The molecule has 30 heavy (non-hydrogen) atoms. The van der Waals surface area contributed by atoms with Crippen LogP contribution >= 0.6 is 0 Å². The van der Waals surface area contributed by atoms with Gasteiger partial charge in [-0.1, -0.05) is 54.4 Å². The number of aldehydes is 1. The van der Waals surface area contributed by atoms with E-state index in [1.807, 2.05) is 0 Å². The Morgan fingerprint density at radius 3 is 2.23 bits per heavy atom. The minimum absolute atomic E-state index is 0.360. The molecule has 1 nitrogen and oxygen atoms in total. The molecule has 10 atom stereocenters. The minimum Gasteiger partial charge on any atom is -0.303 e.